The Hall–Kier alpha value is -3.22. The highest BCUT2D eigenvalue weighted by molar-refractivity contribution is 6.04. The fourth-order valence-electron chi connectivity index (χ4n) is 2.81. The number of rotatable bonds is 7. The van der Waals surface area contributed by atoms with Crippen LogP contribution in [0, 0.1) is 0 Å². The fourth-order valence-corrected chi connectivity index (χ4v) is 2.81. The van der Waals surface area contributed by atoms with Crippen molar-refractivity contribution in [3.05, 3.63) is 54.1 Å². The van der Waals surface area contributed by atoms with E-state index in [-0.39, 0.29) is 5.91 Å². The minimum Gasteiger partial charge on any atom is -0.494 e. The second-order valence-electron chi connectivity index (χ2n) is 6.59. The molecule has 1 N–H and O–H groups in total. The second kappa shape index (κ2) is 7.57. The lowest BCUT2D eigenvalue weighted by Crippen LogP contribution is -2.12. The lowest BCUT2D eigenvalue weighted by Gasteiger charge is -2.09. The number of nitrogens with one attached hydrogen (secondary N) is 1. The molecule has 1 aliphatic carbocycles. The van der Waals surface area contributed by atoms with Crippen LogP contribution in [0.2, 0.25) is 0 Å². The Bertz CT molecular complexity index is 932. The van der Waals surface area contributed by atoms with Crippen LogP contribution < -0.4 is 10.1 Å². The predicted molar refractivity (Wildman–Crippen MR) is 102 cm³/mol. The zero-order chi connectivity index (χ0) is 18.6. The summed E-state index contributed by atoms with van der Waals surface area (Å²) in [4.78, 5) is 12.5. The number of anilines is 1. The molecule has 0 saturated heterocycles. The van der Waals surface area contributed by atoms with Gasteiger partial charge in [0, 0.05) is 16.8 Å². The maximum atomic E-state index is 12.5. The van der Waals surface area contributed by atoms with Crippen molar-refractivity contribution >= 4 is 11.6 Å². The number of carbonyl (C=O) groups excluding carboxylic acids is 1. The Morgan fingerprint density at radius 3 is 2.78 bits per heavy atom. The topological polar surface area (TPSA) is 81.9 Å². The van der Waals surface area contributed by atoms with E-state index in [1.54, 1.807) is 12.1 Å². The van der Waals surface area contributed by atoms with Crippen molar-refractivity contribution in [1.29, 1.82) is 0 Å². The van der Waals surface area contributed by atoms with Gasteiger partial charge in [-0.15, -0.1) is 5.10 Å². The molecule has 0 unspecified atom stereocenters. The molecule has 138 valence electrons. The number of amides is 1. The molecule has 1 aliphatic rings. The number of tetrazole rings is 1. The van der Waals surface area contributed by atoms with Crippen LogP contribution in [-0.2, 0) is 0 Å². The van der Waals surface area contributed by atoms with Crippen LogP contribution in [0.1, 0.15) is 42.6 Å². The summed E-state index contributed by atoms with van der Waals surface area (Å²) in [5.74, 6) is 1.32. The number of hydrogen-bond acceptors (Lipinski definition) is 5. The zero-order valence-corrected chi connectivity index (χ0v) is 15.1. The number of benzene rings is 2. The summed E-state index contributed by atoms with van der Waals surface area (Å²) in [7, 11) is 0. The maximum Gasteiger partial charge on any atom is 0.255 e. The molecule has 4 rings (SSSR count). The van der Waals surface area contributed by atoms with E-state index in [2.05, 4.69) is 27.8 Å². The lowest BCUT2D eigenvalue weighted by molar-refractivity contribution is 0.102. The molecule has 27 heavy (non-hydrogen) atoms. The van der Waals surface area contributed by atoms with Crippen LogP contribution in [-0.4, -0.2) is 32.7 Å². The summed E-state index contributed by atoms with van der Waals surface area (Å²) >= 11 is 0. The molecule has 0 radical (unpaired) electrons. The molecule has 1 amide bonds. The number of ether oxygens (including phenoxy) is 1. The molecule has 7 heteroatoms. The molecule has 1 aromatic heterocycles. The molecule has 1 saturated carbocycles. The molecule has 0 bridgehead atoms. The first-order chi connectivity index (χ1) is 13.2. The van der Waals surface area contributed by atoms with Gasteiger partial charge in [-0.1, -0.05) is 19.1 Å². The summed E-state index contributed by atoms with van der Waals surface area (Å²) in [5.41, 5.74) is 2.16. The monoisotopic (exact) mass is 363 g/mol. The quantitative estimate of drug-likeness (QED) is 0.692. The van der Waals surface area contributed by atoms with Gasteiger partial charge in [0.05, 0.1) is 12.6 Å². The van der Waals surface area contributed by atoms with E-state index in [9.17, 15) is 4.79 Å². The lowest BCUT2D eigenvalue weighted by atomic mass is 10.1. The van der Waals surface area contributed by atoms with Crippen LogP contribution in [0.5, 0.6) is 5.75 Å². The van der Waals surface area contributed by atoms with Crippen molar-refractivity contribution in [2.45, 2.75) is 32.2 Å². The smallest absolute Gasteiger partial charge is 0.255 e. The Labute approximate surface area is 157 Å². The van der Waals surface area contributed by atoms with Crippen LogP contribution in [0.4, 0.5) is 5.69 Å². The highest BCUT2D eigenvalue weighted by Crippen LogP contribution is 2.36. The molecule has 7 nitrogen and oxygen atoms in total. The summed E-state index contributed by atoms with van der Waals surface area (Å²) in [6, 6.07) is 15.1. The number of hydrogen-bond donors (Lipinski definition) is 1. The standard InChI is InChI=1S/C20H21N5O2/c1-2-12-27-18-10-6-14(7-11-18)20(26)21-16-5-3-4-15(13-16)19-22-23-24-25(19)17-8-9-17/h3-7,10-11,13,17H,2,8-9,12H2,1H3,(H,21,26). The van der Waals surface area contributed by atoms with Gasteiger partial charge in [0.15, 0.2) is 5.82 Å². The molecule has 0 aliphatic heterocycles. The average Bonchev–Trinajstić information content (AvgIpc) is 3.43. The molecule has 1 fully saturated rings. The van der Waals surface area contributed by atoms with E-state index in [0.717, 1.165) is 36.4 Å². The van der Waals surface area contributed by atoms with Gasteiger partial charge in [0.1, 0.15) is 5.75 Å². The Kier molecular flexibility index (Phi) is 4.82. The van der Waals surface area contributed by atoms with E-state index in [1.807, 2.05) is 41.1 Å². The average molecular weight is 363 g/mol. The van der Waals surface area contributed by atoms with Crippen molar-refractivity contribution in [1.82, 2.24) is 20.2 Å². The molecule has 1 heterocycles. The Balaban J connectivity index is 1.48. The summed E-state index contributed by atoms with van der Waals surface area (Å²) in [6.07, 6.45) is 3.15. The molecular formula is C20H21N5O2. The van der Waals surface area contributed by atoms with Gasteiger partial charge in [-0.3, -0.25) is 4.79 Å². The van der Waals surface area contributed by atoms with Crippen molar-refractivity contribution < 1.29 is 9.53 Å². The van der Waals surface area contributed by atoms with E-state index >= 15 is 0 Å². The highest BCUT2D eigenvalue weighted by Gasteiger charge is 2.28. The third-order valence-corrected chi connectivity index (χ3v) is 4.35. The normalized spacial score (nSPS) is 13.4. The number of carbonyl (C=O) groups is 1. The van der Waals surface area contributed by atoms with Crippen LogP contribution in [0.25, 0.3) is 11.4 Å². The molecular weight excluding hydrogens is 342 g/mol. The van der Waals surface area contributed by atoms with Gasteiger partial charge in [0.2, 0.25) is 0 Å². The van der Waals surface area contributed by atoms with Crippen molar-refractivity contribution in [2.75, 3.05) is 11.9 Å². The molecule has 3 aromatic rings. The third kappa shape index (κ3) is 3.97. The fraction of sp³-hybridized carbons (Fsp3) is 0.300. The minimum atomic E-state index is -0.170. The van der Waals surface area contributed by atoms with Gasteiger partial charge < -0.3 is 10.1 Å². The Morgan fingerprint density at radius 2 is 2.04 bits per heavy atom. The van der Waals surface area contributed by atoms with E-state index in [1.165, 1.54) is 0 Å². The number of aromatic nitrogens is 4. The zero-order valence-electron chi connectivity index (χ0n) is 15.1. The maximum absolute atomic E-state index is 12.5. The van der Waals surface area contributed by atoms with Crippen molar-refractivity contribution in [3.8, 4) is 17.1 Å². The first-order valence-electron chi connectivity index (χ1n) is 9.17. The van der Waals surface area contributed by atoms with Crippen LogP contribution in [0.15, 0.2) is 48.5 Å². The van der Waals surface area contributed by atoms with Gasteiger partial charge in [-0.25, -0.2) is 4.68 Å². The Morgan fingerprint density at radius 1 is 1.22 bits per heavy atom. The van der Waals surface area contributed by atoms with Crippen LogP contribution >= 0.6 is 0 Å². The summed E-state index contributed by atoms with van der Waals surface area (Å²) in [5, 5.41) is 14.9. The van der Waals surface area contributed by atoms with E-state index in [0.29, 0.717) is 23.9 Å². The van der Waals surface area contributed by atoms with Crippen molar-refractivity contribution in [2.24, 2.45) is 0 Å². The first kappa shape index (κ1) is 17.2. The molecule has 0 spiro atoms. The first-order valence-corrected chi connectivity index (χ1v) is 9.17. The molecule has 2 aromatic carbocycles. The van der Waals surface area contributed by atoms with Crippen molar-refractivity contribution in [3.63, 3.8) is 0 Å². The number of nitrogens with zero attached hydrogens (tertiary/aromatic N) is 4. The largest absolute Gasteiger partial charge is 0.494 e. The minimum absolute atomic E-state index is 0.170. The van der Waals surface area contributed by atoms with Gasteiger partial charge in [0.25, 0.3) is 5.91 Å². The van der Waals surface area contributed by atoms with E-state index in [4.69, 9.17) is 4.74 Å². The van der Waals surface area contributed by atoms with Gasteiger partial charge in [-0.2, -0.15) is 0 Å². The van der Waals surface area contributed by atoms with Crippen LogP contribution in [0.3, 0.4) is 0 Å². The van der Waals surface area contributed by atoms with E-state index < -0.39 is 0 Å². The predicted octanol–water partition coefficient (Wildman–Crippen LogP) is 3.72. The summed E-state index contributed by atoms with van der Waals surface area (Å²) < 4.78 is 7.41. The van der Waals surface area contributed by atoms with Gasteiger partial charge >= 0.3 is 0 Å². The highest BCUT2D eigenvalue weighted by atomic mass is 16.5. The second-order valence-corrected chi connectivity index (χ2v) is 6.59. The SMILES string of the molecule is CCCOc1ccc(C(=O)Nc2cccc(-c3nnnn3C3CC3)c2)cc1. The molecule has 0 atom stereocenters. The third-order valence-electron chi connectivity index (χ3n) is 4.35. The summed E-state index contributed by atoms with van der Waals surface area (Å²) in [6.45, 7) is 2.72. The van der Waals surface area contributed by atoms with Gasteiger partial charge in [-0.05, 0) is 66.1 Å².